The number of hydrogen-bond donors (Lipinski definition) is 4. The predicted octanol–water partition coefficient (Wildman–Crippen LogP) is 1.38. The van der Waals surface area contributed by atoms with Crippen molar-refractivity contribution >= 4 is 23.6 Å². The Labute approximate surface area is 193 Å². The molecule has 0 unspecified atom stereocenters. The molecule has 4 N–H and O–H groups in total. The maximum Gasteiger partial charge on any atom is 0.407 e. The highest BCUT2D eigenvalue weighted by Gasteiger charge is 2.44. The molecule has 0 radical (unpaired) electrons. The van der Waals surface area contributed by atoms with Gasteiger partial charge in [-0.2, -0.15) is 0 Å². The van der Waals surface area contributed by atoms with E-state index in [1.165, 1.54) is 4.90 Å². The number of para-hydroxylation sites is 1. The Kier molecular flexibility index (Phi) is 8.51. The molecule has 2 fully saturated rings. The van der Waals surface area contributed by atoms with Gasteiger partial charge in [-0.15, -0.1) is 0 Å². The summed E-state index contributed by atoms with van der Waals surface area (Å²) in [7, 11) is 0. The van der Waals surface area contributed by atoms with Crippen molar-refractivity contribution in [3.63, 3.8) is 0 Å². The first kappa shape index (κ1) is 24.8. The maximum absolute atomic E-state index is 13.4. The van der Waals surface area contributed by atoms with E-state index in [4.69, 9.17) is 0 Å². The van der Waals surface area contributed by atoms with Crippen LogP contribution in [-0.2, 0) is 9.59 Å². The molecule has 0 bridgehead atoms. The lowest BCUT2D eigenvalue weighted by Gasteiger charge is -2.43. The Balaban J connectivity index is 1.69. The van der Waals surface area contributed by atoms with Gasteiger partial charge in [-0.25, -0.2) is 10.3 Å². The summed E-state index contributed by atoms with van der Waals surface area (Å²) in [5, 5.41) is 28.6. The third kappa shape index (κ3) is 5.56. The number of piperazine rings is 1. The molecule has 1 saturated heterocycles. The minimum atomic E-state index is -1.16. The van der Waals surface area contributed by atoms with E-state index in [9.17, 15) is 29.8 Å². The van der Waals surface area contributed by atoms with Crippen LogP contribution < -0.4 is 10.4 Å². The van der Waals surface area contributed by atoms with Gasteiger partial charge in [0.1, 0.15) is 0 Å². The van der Waals surface area contributed by atoms with Crippen molar-refractivity contribution in [1.82, 2.24) is 15.3 Å². The highest BCUT2D eigenvalue weighted by molar-refractivity contribution is 5.87. The van der Waals surface area contributed by atoms with E-state index >= 15 is 0 Å². The fourth-order valence-electron chi connectivity index (χ4n) is 5.15. The molecule has 1 aromatic rings. The first-order valence-electron chi connectivity index (χ1n) is 11.6. The first-order valence-corrected chi connectivity index (χ1v) is 11.6. The Bertz CT molecular complexity index is 810. The topological polar surface area (TPSA) is 134 Å². The van der Waals surface area contributed by atoms with E-state index in [1.807, 2.05) is 30.3 Å². The number of carbonyl (C=O) groups excluding carboxylic acids is 2. The van der Waals surface area contributed by atoms with Gasteiger partial charge in [0.25, 0.3) is 0 Å². The van der Waals surface area contributed by atoms with E-state index in [0.29, 0.717) is 45.4 Å². The highest BCUT2D eigenvalue weighted by atomic mass is 16.5. The molecule has 1 heterocycles. The van der Waals surface area contributed by atoms with Gasteiger partial charge in [0.15, 0.2) is 0 Å². The van der Waals surface area contributed by atoms with Crippen LogP contribution in [0.4, 0.5) is 10.5 Å². The number of carboxylic acid groups (broad SMARTS) is 1. The number of aliphatic hydroxyl groups is 1. The second-order valence-corrected chi connectivity index (χ2v) is 8.74. The van der Waals surface area contributed by atoms with Gasteiger partial charge in [-0.3, -0.25) is 14.8 Å². The zero-order valence-electron chi connectivity index (χ0n) is 19.0. The summed E-state index contributed by atoms with van der Waals surface area (Å²) < 4.78 is 0. The number of nitrogens with one attached hydrogen (secondary N) is 1. The van der Waals surface area contributed by atoms with E-state index in [0.717, 1.165) is 5.69 Å². The Morgan fingerprint density at radius 2 is 1.76 bits per heavy atom. The molecule has 1 aliphatic heterocycles. The number of hydrogen-bond acceptors (Lipinski definition) is 6. The van der Waals surface area contributed by atoms with Crippen molar-refractivity contribution < 1.29 is 29.8 Å². The lowest BCUT2D eigenvalue weighted by molar-refractivity contribution is -0.148. The van der Waals surface area contributed by atoms with Crippen LogP contribution in [0.5, 0.6) is 0 Å². The van der Waals surface area contributed by atoms with E-state index < -0.39 is 35.9 Å². The number of hydroxylamine groups is 1. The van der Waals surface area contributed by atoms with E-state index in [1.54, 1.807) is 17.3 Å². The van der Waals surface area contributed by atoms with Crippen LogP contribution in [0.25, 0.3) is 0 Å². The van der Waals surface area contributed by atoms with Crippen LogP contribution in [0.3, 0.4) is 0 Å². The number of nitrogens with zero attached hydrogens (tertiary/aromatic N) is 3. The number of rotatable bonds is 7. The normalized spacial score (nSPS) is 24.2. The third-order valence-electron chi connectivity index (χ3n) is 6.99. The molecule has 1 aliphatic carbocycles. The van der Waals surface area contributed by atoms with Crippen molar-refractivity contribution in [3.05, 3.63) is 30.3 Å². The summed E-state index contributed by atoms with van der Waals surface area (Å²) in [5.74, 6) is -2.28. The van der Waals surface area contributed by atoms with Crippen LogP contribution in [-0.4, -0.2) is 88.0 Å². The highest BCUT2D eigenvalue weighted by Crippen LogP contribution is 2.36. The monoisotopic (exact) mass is 462 g/mol. The van der Waals surface area contributed by atoms with Gasteiger partial charge in [-0.1, -0.05) is 25.1 Å². The molecule has 10 nitrogen and oxygen atoms in total. The summed E-state index contributed by atoms with van der Waals surface area (Å²) in [6.07, 6.45) is 0.149. The van der Waals surface area contributed by atoms with Gasteiger partial charge >= 0.3 is 6.09 Å². The molecular weight excluding hydrogens is 428 g/mol. The molecule has 3 rings (SSSR count). The van der Waals surface area contributed by atoms with Crippen molar-refractivity contribution in [1.29, 1.82) is 0 Å². The molecule has 33 heavy (non-hydrogen) atoms. The zero-order valence-corrected chi connectivity index (χ0v) is 19.0. The molecular formula is C23H34N4O6. The summed E-state index contributed by atoms with van der Waals surface area (Å²) in [5.41, 5.74) is 2.77. The smallest absolute Gasteiger partial charge is 0.407 e. The number of amides is 3. The average molecular weight is 463 g/mol. The summed E-state index contributed by atoms with van der Waals surface area (Å²) >= 11 is 0. The molecule has 182 valence electrons. The third-order valence-corrected chi connectivity index (χ3v) is 6.99. The fourth-order valence-corrected chi connectivity index (χ4v) is 5.15. The Hall–Kier alpha value is -2.85. The van der Waals surface area contributed by atoms with E-state index in [-0.39, 0.29) is 18.9 Å². The SMILES string of the molecule is CC[C@H](CO)N(C(=O)O)[C@@H]1CC[C@H](C(=O)N2CCN(c3ccccc3)CC2)[C@@H](C(=O)NO)C1. The molecule has 1 aromatic carbocycles. The second kappa shape index (κ2) is 11.3. The van der Waals surface area contributed by atoms with Crippen LogP contribution in [0.2, 0.25) is 0 Å². The molecule has 3 amide bonds. The minimum absolute atomic E-state index is 0.121. The van der Waals surface area contributed by atoms with Crippen LogP contribution in [0.15, 0.2) is 30.3 Å². The lowest BCUT2D eigenvalue weighted by Crippen LogP contribution is -2.56. The van der Waals surface area contributed by atoms with Crippen molar-refractivity contribution in [3.8, 4) is 0 Å². The molecule has 2 aliphatic rings. The Morgan fingerprint density at radius 3 is 2.30 bits per heavy atom. The summed E-state index contributed by atoms with van der Waals surface area (Å²) in [6.45, 7) is 3.91. The van der Waals surface area contributed by atoms with E-state index in [2.05, 4.69) is 4.90 Å². The number of anilines is 1. The van der Waals surface area contributed by atoms with Gasteiger partial charge in [0, 0.05) is 43.8 Å². The predicted molar refractivity (Wildman–Crippen MR) is 121 cm³/mol. The quantitative estimate of drug-likeness (QED) is 0.355. The molecule has 0 spiro atoms. The standard InChI is InChI=1S/C23H34N4O6/c1-2-16(15-28)27(23(31)32)18-8-9-19(20(14-18)21(29)24-33)22(30)26-12-10-25(11-13-26)17-6-4-3-5-7-17/h3-7,16,18-20,28,33H,2,8-15H2,1H3,(H,24,29)(H,31,32)/t16-,18-,19+,20+/m1/s1. The van der Waals surface area contributed by atoms with Crippen LogP contribution in [0, 0.1) is 11.8 Å². The Morgan fingerprint density at radius 1 is 1.09 bits per heavy atom. The van der Waals surface area contributed by atoms with Crippen LogP contribution in [0.1, 0.15) is 32.6 Å². The number of benzene rings is 1. The average Bonchev–Trinajstić information content (AvgIpc) is 2.86. The van der Waals surface area contributed by atoms with Crippen molar-refractivity contribution in [2.75, 3.05) is 37.7 Å². The molecule has 0 aromatic heterocycles. The maximum atomic E-state index is 13.4. The van der Waals surface area contributed by atoms with Gasteiger partial charge in [0.05, 0.1) is 18.6 Å². The van der Waals surface area contributed by atoms with Gasteiger partial charge < -0.3 is 24.9 Å². The second-order valence-electron chi connectivity index (χ2n) is 8.74. The van der Waals surface area contributed by atoms with Crippen molar-refractivity contribution in [2.24, 2.45) is 11.8 Å². The van der Waals surface area contributed by atoms with Gasteiger partial charge in [-0.05, 0) is 37.8 Å². The summed E-state index contributed by atoms with van der Waals surface area (Å²) in [4.78, 5) is 42.9. The fraction of sp³-hybridized carbons (Fsp3) is 0.609. The largest absolute Gasteiger partial charge is 0.465 e. The van der Waals surface area contributed by atoms with Crippen LogP contribution >= 0.6 is 0 Å². The zero-order chi connectivity index (χ0) is 24.0. The number of carbonyl (C=O) groups is 3. The molecule has 4 atom stereocenters. The first-order chi connectivity index (χ1) is 15.9. The molecule has 1 saturated carbocycles. The van der Waals surface area contributed by atoms with Crippen molar-refractivity contribution in [2.45, 2.75) is 44.7 Å². The lowest BCUT2D eigenvalue weighted by atomic mass is 9.74. The summed E-state index contributed by atoms with van der Waals surface area (Å²) in [6, 6.07) is 8.88. The number of aliphatic hydroxyl groups excluding tert-OH is 1. The molecule has 10 heteroatoms. The van der Waals surface area contributed by atoms with Gasteiger partial charge in [0.2, 0.25) is 11.8 Å². The minimum Gasteiger partial charge on any atom is -0.465 e.